The first-order valence-electron chi connectivity index (χ1n) is 7.35. The third-order valence-electron chi connectivity index (χ3n) is 3.32. The summed E-state index contributed by atoms with van der Waals surface area (Å²) in [6.07, 6.45) is 0. The molecule has 0 bridgehead atoms. The van der Waals surface area contributed by atoms with Crippen LogP contribution < -0.4 is 15.2 Å². The number of nitrogens with two attached hydrogens (primary N) is 1. The number of hydrogen-bond acceptors (Lipinski definition) is 6. The number of halogens is 3. The van der Waals surface area contributed by atoms with Gasteiger partial charge in [-0.3, -0.25) is 4.79 Å². The van der Waals surface area contributed by atoms with Gasteiger partial charge in [0, 0.05) is 5.02 Å². The Hall–Kier alpha value is -2.04. The van der Waals surface area contributed by atoms with Crippen molar-refractivity contribution in [2.45, 2.75) is 4.90 Å². The molecule has 0 aliphatic rings. The number of amides is 1. The minimum atomic E-state index is -4.19. The number of sulfonamides is 1. The van der Waals surface area contributed by atoms with E-state index >= 15 is 0 Å². The summed E-state index contributed by atoms with van der Waals surface area (Å²) in [7, 11) is -2.79. The normalized spacial score (nSPS) is 11.0. The van der Waals surface area contributed by atoms with Crippen LogP contribution in [0.25, 0.3) is 0 Å². The van der Waals surface area contributed by atoms with Gasteiger partial charge in [-0.15, -0.1) is 0 Å². The number of esters is 1. The zero-order valence-electron chi connectivity index (χ0n) is 14.2. The highest BCUT2D eigenvalue weighted by atomic mass is 35.5. The lowest BCUT2D eigenvalue weighted by molar-refractivity contribution is -0.119. The zero-order chi connectivity index (χ0) is 21.1. The van der Waals surface area contributed by atoms with E-state index in [9.17, 15) is 18.0 Å². The van der Waals surface area contributed by atoms with E-state index in [1.807, 2.05) is 0 Å². The first-order chi connectivity index (χ1) is 13.0. The van der Waals surface area contributed by atoms with Crippen molar-refractivity contribution in [2.75, 3.05) is 19.0 Å². The Morgan fingerprint density at radius 1 is 1.11 bits per heavy atom. The van der Waals surface area contributed by atoms with Gasteiger partial charge in [0.2, 0.25) is 10.0 Å². The second-order valence-electron chi connectivity index (χ2n) is 5.28. The van der Waals surface area contributed by atoms with E-state index in [0.29, 0.717) is 10.8 Å². The van der Waals surface area contributed by atoms with Crippen LogP contribution in [0.1, 0.15) is 10.4 Å². The molecule has 2 aromatic rings. The van der Waals surface area contributed by atoms with Gasteiger partial charge in [-0.2, -0.15) is 0 Å². The third-order valence-corrected chi connectivity index (χ3v) is 5.24. The minimum Gasteiger partial charge on any atom is -0.495 e. The zero-order valence-corrected chi connectivity index (χ0v) is 17.2. The number of methoxy groups -OCH3 is 1. The number of anilines is 1. The van der Waals surface area contributed by atoms with Gasteiger partial charge in [0.1, 0.15) is 10.6 Å². The first-order valence-corrected chi connectivity index (χ1v) is 10.0. The molecular weight excluding hydrogens is 455 g/mol. The topological polar surface area (TPSA) is 125 Å². The van der Waals surface area contributed by atoms with Gasteiger partial charge in [0.15, 0.2) is 6.61 Å². The van der Waals surface area contributed by atoms with E-state index < -0.39 is 33.4 Å². The van der Waals surface area contributed by atoms with Gasteiger partial charge in [-0.1, -0.05) is 34.8 Å². The molecule has 0 unspecified atom stereocenters. The molecule has 2 aromatic carbocycles. The van der Waals surface area contributed by atoms with E-state index in [4.69, 9.17) is 49.4 Å². The molecule has 0 heterocycles. The Kier molecular flexibility index (Phi) is 7.13. The average Bonchev–Trinajstić information content (AvgIpc) is 2.59. The van der Waals surface area contributed by atoms with E-state index in [0.717, 1.165) is 12.1 Å². The molecule has 0 radical (unpaired) electrons. The van der Waals surface area contributed by atoms with Crippen LogP contribution in [0.4, 0.5) is 5.69 Å². The molecule has 1 amide bonds. The SMILES string of the molecule is COc1ccc(Cl)cc1NC(=O)COC(=O)c1cc(S(N)(=O)=O)c(Cl)cc1Cl. The van der Waals surface area contributed by atoms with Gasteiger partial charge in [-0.25, -0.2) is 18.4 Å². The molecule has 2 rings (SSSR count). The number of hydrogen-bond donors (Lipinski definition) is 2. The number of nitrogens with one attached hydrogen (secondary N) is 1. The summed E-state index contributed by atoms with van der Waals surface area (Å²) in [4.78, 5) is 23.7. The fourth-order valence-corrected chi connectivity index (χ4v) is 3.64. The highest BCUT2D eigenvalue weighted by Gasteiger charge is 2.21. The number of carbonyl (C=O) groups is 2. The molecule has 0 aliphatic carbocycles. The maximum atomic E-state index is 12.2. The molecule has 0 fully saturated rings. The number of rotatable bonds is 6. The van der Waals surface area contributed by atoms with Crippen molar-refractivity contribution >= 4 is 62.4 Å². The van der Waals surface area contributed by atoms with Gasteiger partial charge >= 0.3 is 5.97 Å². The molecule has 0 aromatic heterocycles. The van der Waals surface area contributed by atoms with Gasteiger partial charge < -0.3 is 14.8 Å². The summed E-state index contributed by atoms with van der Waals surface area (Å²) >= 11 is 17.5. The van der Waals surface area contributed by atoms with Crippen molar-refractivity contribution in [3.63, 3.8) is 0 Å². The van der Waals surface area contributed by atoms with Crippen LogP contribution in [-0.2, 0) is 19.6 Å². The molecule has 0 aliphatic heterocycles. The van der Waals surface area contributed by atoms with Crippen molar-refractivity contribution in [1.82, 2.24) is 0 Å². The smallest absolute Gasteiger partial charge is 0.340 e. The van der Waals surface area contributed by atoms with Crippen molar-refractivity contribution in [3.05, 3.63) is 51.0 Å². The number of benzene rings is 2. The van der Waals surface area contributed by atoms with E-state index in [2.05, 4.69) is 5.32 Å². The molecule has 150 valence electrons. The molecule has 3 N–H and O–H groups in total. The maximum absolute atomic E-state index is 12.2. The van der Waals surface area contributed by atoms with Crippen LogP contribution in [0, 0.1) is 0 Å². The van der Waals surface area contributed by atoms with Crippen molar-refractivity contribution in [3.8, 4) is 5.75 Å². The summed E-state index contributed by atoms with van der Waals surface area (Å²) in [5, 5.41) is 7.44. The summed E-state index contributed by atoms with van der Waals surface area (Å²) in [6, 6.07) is 6.49. The van der Waals surface area contributed by atoms with Crippen LogP contribution in [0.15, 0.2) is 35.2 Å². The molecule has 0 saturated carbocycles. The molecule has 28 heavy (non-hydrogen) atoms. The van der Waals surface area contributed by atoms with Gasteiger partial charge in [0.25, 0.3) is 5.91 Å². The summed E-state index contributed by atoms with van der Waals surface area (Å²) in [5.74, 6) is -1.38. The maximum Gasteiger partial charge on any atom is 0.340 e. The van der Waals surface area contributed by atoms with Crippen LogP contribution in [0.5, 0.6) is 5.75 Å². The highest BCUT2D eigenvalue weighted by Crippen LogP contribution is 2.29. The Balaban J connectivity index is 2.12. The summed E-state index contributed by atoms with van der Waals surface area (Å²) in [6.45, 7) is -0.682. The monoisotopic (exact) mass is 466 g/mol. The predicted molar refractivity (Wildman–Crippen MR) is 105 cm³/mol. The summed E-state index contributed by atoms with van der Waals surface area (Å²) in [5.41, 5.74) is -0.0414. The number of primary sulfonamides is 1. The van der Waals surface area contributed by atoms with Crippen molar-refractivity contribution < 1.29 is 27.5 Å². The Morgan fingerprint density at radius 2 is 1.79 bits per heavy atom. The van der Waals surface area contributed by atoms with Crippen LogP contribution in [0.2, 0.25) is 15.1 Å². The molecule has 8 nitrogen and oxygen atoms in total. The Morgan fingerprint density at radius 3 is 2.39 bits per heavy atom. The average molecular weight is 468 g/mol. The largest absolute Gasteiger partial charge is 0.495 e. The minimum absolute atomic E-state index is 0.167. The fourth-order valence-electron chi connectivity index (χ4n) is 2.08. The van der Waals surface area contributed by atoms with Gasteiger partial charge in [0.05, 0.1) is 28.4 Å². The molecular formula is C16H13Cl3N2O6S. The lowest BCUT2D eigenvalue weighted by Crippen LogP contribution is -2.22. The first kappa shape index (κ1) is 22.3. The lowest BCUT2D eigenvalue weighted by atomic mass is 10.2. The second kappa shape index (κ2) is 8.97. The van der Waals surface area contributed by atoms with Crippen LogP contribution >= 0.6 is 34.8 Å². The van der Waals surface area contributed by atoms with E-state index in [-0.39, 0.29) is 21.3 Å². The van der Waals surface area contributed by atoms with Crippen molar-refractivity contribution in [1.29, 1.82) is 0 Å². The third kappa shape index (κ3) is 5.49. The predicted octanol–water partition coefficient (Wildman–Crippen LogP) is 3.10. The van der Waals surface area contributed by atoms with Crippen LogP contribution in [0.3, 0.4) is 0 Å². The number of carbonyl (C=O) groups excluding carboxylic acids is 2. The Labute approximate surface area is 175 Å². The number of ether oxygens (including phenoxy) is 2. The quantitative estimate of drug-likeness (QED) is 0.629. The molecule has 12 heteroatoms. The molecule has 0 saturated heterocycles. The van der Waals surface area contributed by atoms with Crippen LogP contribution in [-0.4, -0.2) is 34.0 Å². The molecule has 0 atom stereocenters. The Bertz CT molecular complexity index is 1040. The van der Waals surface area contributed by atoms with E-state index in [1.54, 1.807) is 12.1 Å². The fraction of sp³-hybridized carbons (Fsp3) is 0.125. The van der Waals surface area contributed by atoms with Gasteiger partial charge in [-0.05, 0) is 30.3 Å². The second-order valence-corrected chi connectivity index (χ2v) is 8.06. The lowest BCUT2D eigenvalue weighted by Gasteiger charge is -2.11. The standard InChI is InChI=1S/C16H13Cl3N2O6S/c1-26-13-3-2-8(17)4-12(13)21-15(22)7-27-16(23)9-5-14(28(20,24)25)11(19)6-10(9)18/h2-6H,7H2,1H3,(H,21,22)(H2,20,24,25). The summed E-state index contributed by atoms with van der Waals surface area (Å²) < 4.78 is 33.0. The van der Waals surface area contributed by atoms with E-state index in [1.165, 1.54) is 13.2 Å². The van der Waals surface area contributed by atoms with Crippen molar-refractivity contribution in [2.24, 2.45) is 5.14 Å². The highest BCUT2D eigenvalue weighted by molar-refractivity contribution is 7.89. The molecule has 0 spiro atoms.